The molecule has 2 aliphatic rings. The van der Waals surface area contributed by atoms with E-state index in [1.807, 2.05) is 0 Å². The van der Waals surface area contributed by atoms with Gasteiger partial charge in [0.25, 0.3) is 0 Å². The first-order chi connectivity index (χ1) is 10.2. The van der Waals surface area contributed by atoms with Gasteiger partial charge in [-0.2, -0.15) is 0 Å². The normalized spacial score (nSPS) is 29.8. The summed E-state index contributed by atoms with van der Waals surface area (Å²) in [5.74, 6) is 0. The molecule has 0 spiro atoms. The molecular formula is C18H27BrN2. The largest absolute Gasteiger partial charge is 0.311 e. The number of nitrogens with one attached hydrogen (secondary N) is 1. The van der Waals surface area contributed by atoms with Crippen molar-refractivity contribution < 1.29 is 0 Å². The summed E-state index contributed by atoms with van der Waals surface area (Å²) in [7, 11) is 0. The van der Waals surface area contributed by atoms with Gasteiger partial charge in [0.05, 0.1) is 0 Å². The lowest BCUT2D eigenvalue weighted by Crippen LogP contribution is -2.49. The van der Waals surface area contributed by atoms with Crippen LogP contribution in [0.15, 0.2) is 28.7 Å². The van der Waals surface area contributed by atoms with Crippen molar-refractivity contribution in [2.75, 3.05) is 6.54 Å². The second-order valence-corrected chi connectivity index (χ2v) is 7.48. The number of benzene rings is 1. The van der Waals surface area contributed by atoms with Crippen LogP contribution in [-0.2, 0) is 0 Å². The van der Waals surface area contributed by atoms with Crippen LogP contribution in [0.25, 0.3) is 0 Å². The van der Waals surface area contributed by atoms with Gasteiger partial charge >= 0.3 is 0 Å². The van der Waals surface area contributed by atoms with Gasteiger partial charge in [-0.3, -0.25) is 4.90 Å². The molecule has 1 aromatic rings. The highest BCUT2D eigenvalue weighted by Gasteiger charge is 2.37. The van der Waals surface area contributed by atoms with E-state index in [2.05, 4.69) is 64.3 Å². The van der Waals surface area contributed by atoms with E-state index >= 15 is 0 Å². The zero-order valence-electron chi connectivity index (χ0n) is 13.2. The Labute approximate surface area is 137 Å². The van der Waals surface area contributed by atoms with Crippen molar-refractivity contribution in [3.05, 3.63) is 34.3 Å². The lowest BCUT2D eigenvalue weighted by Gasteiger charge is -2.41. The lowest BCUT2D eigenvalue weighted by molar-refractivity contribution is 0.0967. The molecule has 3 heteroatoms. The minimum Gasteiger partial charge on any atom is -0.311 e. The molecule has 2 heterocycles. The first kappa shape index (κ1) is 15.5. The second kappa shape index (κ2) is 6.80. The molecule has 2 fully saturated rings. The first-order valence-corrected chi connectivity index (χ1v) is 9.27. The van der Waals surface area contributed by atoms with E-state index in [0.29, 0.717) is 6.04 Å². The van der Waals surface area contributed by atoms with Crippen LogP contribution >= 0.6 is 15.9 Å². The molecule has 0 aromatic heterocycles. The van der Waals surface area contributed by atoms with Crippen LogP contribution in [0.3, 0.4) is 0 Å². The summed E-state index contributed by atoms with van der Waals surface area (Å²) in [4.78, 5) is 2.76. The van der Waals surface area contributed by atoms with Crippen molar-refractivity contribution in [1.29, 1.82) is 0 Å². The maximum absolute atomic E-state index is 3.77. The maximum Gasteiger partial charge on any atom is 0.0348 e. The van der Waals surface area contributed by atoms with Crippen LogP contribution < -0.4 is 5.32 Å². The number of hydrogen-bond acceptors (Lipinski definition) is 2. The van der Waals surface area contributed by atoms with Crippen molar-refractivity contribution in [2.24, 2.45) is 0 Å². The van der Waals surface area contributed by atoms with Crippen LogP contribution in [0, 0.1) is 0 Å². The quantitative estimate of drug-likeness (QED) is 0.840. The number of halogens is 1. The molecule has 2 bridgehead atoms. The van der Waals surface area contributed by atoms with Crippen molar-refractivity contribution in [3.8, 4) is 0 Å². The molecule has 1 N–H and O–H groups in total. The fourth-order valence-electron chi connectivity index (χ4n) is 4.38. The van der Waals surface area contributed by atoms with E-state index in [9.17, 15) is 0 Å². The van der Waals surface area contributed by atoms with Gasteiger partial charge in [-0.1, -0.05) is 41.9 Å². The van der Waals surface area contributed by atoms with Crippen molar-refractivity contribution in [3.63, 3.8) is 0 Å². The third-order valence-corrected chi connectivity index (χ3v) is 5.85. The van der Waals surface area contributed by atoms with Gasteiger partial charge in [-0.25, -0.2) is 0 Å². The van der Waals surface area contributed by atoms with E-state index in [1.54, 1.807) is 0 Å². The Morgan fingerprint density at radius 1 is 1.14 bits per heavy atom. The number of nitrogens with zero attached hydrogens (tertiary/aromatic N) is 1. The van der Waals surface area contributed by atoms with E-state index < -0.39 is 0 Å². The molecule has 1 aromatic carbocycles. The van der Waals surface area contributed by atoms with Gasteiger partial charge in [0.1, 0.15) is 0 Å². The topological polar surface area (TPSA) is 15.3 Å². The molecule has 3 unspecified atom stereocenters. The highest BCUT2D eigenvalue weighted by Crippen LogP contribution is 2.35. The van der Waals surface area contributed by atoms with Crippen molar-refractivity contribution in [2.45, 2.75) is 70.1 Å². The minimum atomic E-state index is 0.561. The highest BCUT2D eigenvalue weighted by atomic mass is 79.9. The average Bonchev–Trinajstić information content (AvgIpc) is 2.84. The molecule has 2 nitrogen and oxygen atoms in total. The summed E-state index contributed by atoms with van der Waals surface area (Å²) in [6.07, 6.45) is 6.62. The zero-order valence-corrected chi connectivity index (χ0v) is 14.8. The van der Waals surface area contributed by atoms with Gasteiger partial charge in [0.15, 0.2) is 0 Å². The van der Waals surface area contributed by atoms with Crippen LogP contribution in [0.4, 0.5) is 0 Å². The summed E-state index contributed by atoms with van der Waals surface area (Å²) in [5, 5.41) is 3.77. The van der Waals surface area contributed by atoms with E-state index in [0.717, 1.165) is 24.7 Å². The Hall–Kier alpha value is -0.380. The van der Waals surface area contributed by atoms with Crippen LogP contribution in [0.2, 0.25) is 0 Å². The molecule has 2 aliphatic heterocycles. The molecule has 3 rings (SSSR count). The van der Waals surface area contributed by atoms with Gasteiger partial charge in [-0.05, 0) is 56.3 Å². The summed E-state index contributed by atoms with van der Waals surface area (Å²) >= 11 is 3.55. The average molecular weight is 351 g/mol. The maximum atomic E-state index is 3.77. The van der Waals surface area contributed by atoms with Gasteiger partial charge in [0, 0.05) is 28.6 Å². The monoisotopic (exact) mass is 350 g/mol. The Balaban J connectivity index is 1.78. The standard InChI is InChI=1S/C18H27BrN2/c1-3-18(13-5-7-14(19)8-6-13)21(4-2)17-11-15-9-10-16(12-17)20-15/h5-8,15-18,20H,3-4,9-12H2,1-2H3. The van der Waals surface area contributed by atoms with Crippen LogP contribution in [-0.4, -0.2) is 29.6 Å². The lowest BCUT2D eigenvalue weighted by atomic mass is 9.93. The SMILES string of the molecule is CCC(c1ccc(Br)cc1)N(CC)C1CC2CCC(C1)N2. The van der Waals surface area contributed by atoms with Crippen molar-refractivity contribution in [1.82, 2.24) is 10.2 Å². The molecule has 0 amide bonds. The molecule has 21 heavy (non-hydrogen) atoms. The van der Waals surface area contributed by atoms with E-state index in [-0.39, 0.29) is 0 Å². The molecule has 2 saturated heterocycles. The summed E-state index contributed by atoms with van der Waals surface area (Å²) in [5.41, 5.74) is 1.47. The summed E-state index contributed by atoms with van der Waals surface area (Å²) in [6.45, 7) is 5.80. The number of fused-ring (bicyclic) bond motifs is 2. The van der Waals surface area contributed by atoms with Gasteiger partial charge < -0.3 is 5.32 Å². The van der Waals surface area contributed by atoms with Crippen LogP contribution in [0.1, 0.15) is 57.6 Å². The third-order valence-electron chi connectivity index (χ3n) is 5.32. The summed E-state index contributed by atoms with van der Waals surface area (Å²) < 4.78 is 1.17. The fraction of sp³-hybridized carbons (Fsp3) is 0.667. The third kappa shape index (κ3) is 3.35. The predicted octanol–water partition coefficient (Wildman–Crippen LogP) is 4.51. The predicted molar refractivity (Wildman–Crippen MR) is 92.5 cm³/mol. The smallest absolute Gasteiger partial charge is 0.0348 e. The second-order valence-electron chi connectivity index (χ2n) is 6.57. The van der Waals surface area contributed by atoms with Crippen LogP contribution in [0.5, 0.6) is 0 Å². The van der Waals surface area contributed by atoms with Gasteiger partial charge in [-0.15, -0.1) is 0 Å². The molecule has 0 radical (unpaired) electrons. The molecule has 0 aliphatic carbocycles. The van der Waals surface area contributed by atoms with E-state index in [4.69, 9.17) is 0 Å². The Kier molecular flexibility index (Phi) is 5.03. The van der Waals surface area contributed by atoms with Crippen molar-refractivity contribution >= 4 is 15.9 Å². The molecule has 0 saturated carbocycles. The summed E-state index contributed by atoms with van der Waals surface area (Å²) in [6, 6.07) is 11.8. The van der Waals surface area contributed by atoms with E-state index in [1.165, 1.54) is 42.1 Å². The molecule has 3 atom stereocenters. The minimum absolute atomic E-state index is 0.561. The zero-order chi connectivity index (χ0) is 14.8. The molecular weight excluding hydrogens is 324 g/mol. The number of piperidine rings is 1. The molecule has 116 valence electrons. The Bertz CT molecular complexity index is 447. The van der Waals surface area contributed by atoms with Gasteiger partial charge in [0.2, 0.25) is 0 Å². The number of hydrogen-bond donors (Lipinski definition) is 1. The highest BCUT2D eigenvalue weighted by molar-refractivity contribution is 9.10. The fourth-order valence-corrected chi connectivity index (χ4v) is 4.64. The Morgan fingerprint density at radius 3 is 2.29 bits per heavy atom. The Morgan fingerprint density at radius 2 is 1.76 bits per heavy atom. The number of rotatable bonds is 5. The first-order valence-electron chi connectivity index (χ1n) is 8.48.